The van der Waals surface area contributed by atoms with E-state index in [0.717, 1.165) is 46.9 Å². The van der Waals surface area contributed by atoms with Gasteiger partial charge in [0.15, 0.2) is 0 Å². The number of benzene rings is 1. The Hall–Kier alpha value is -3.24. The number of ether oxygens (including phenoxy) is 1. The lowest BCUT2D eigenvalue weighted by Crippen LogP contribution is -2.49. The Labute approximate surface area is 238 Å². The first-order valence-electron chi connectivity index (χ1n) is 14.6. The summed E-state index contributed by atoms with van der Waals surface area (Å²) in [7, 11) is 1.95. The van der Waals surface area contributed by atoms with Crippen LogP contribution < -0.4 is 4.90 Å². The Morgan fingerprint density at radius 1 is 1.20 bits per heavy atom. The summed E-state index contributed by atoms with van der Waals surface area (Å²) in [6.45, 7) is 5.96. The first kappa shape index (κ1) is 26.6. The third-order valence-corrected chi connectivity index (χ3v) is 9.70. The smallest absolute Gasteiger partial charge is 0.259 e. The number of carbonyl (C=O) groups excluding carboxylic acids is 1. The maximum Gasteiger partial charge on any atom is 0.259 e. The van der Waals surface area contributed by atoms with Crippen LogP contribution in [0.3, 0.4) is 0 Å². The van der Waals surface area contributed by atoms with Crippen LogP contribution >= 0.6 is 0 Å². The number of alkyl halides is 2. The average Bonchev–Trinajstić information content (AvgIpc) is 3.63. The Balaban J connectivity index is 1.18. The molecule has 0 unspecified atom stereocenters. The lowest BCUT2D eigenvalue weighted by Gasteiger charge is -2.42. The second-order valence-electron chi connectivity index (χ2n) is 12.6. The Morgan fingerprint density at radius 3 is 2.66 bits per heavy atom. The predicted molar refractivity (Wildman–Crippen MR) is 149 cm³/mol. The van der Waals surface area contributed by atoms with Gasteiger partial charge in [-0.2, -0.15) is 0 Å². The fourth-order valence-corrected chi connectivity index (χ4v) is 6.61. The molecule has 0 radical (unpaired) electrons. The fraction of sp³-hybridized carbons (Fsp3) is 0.548. The number of pyridine rings is 1. The van der Waals surface area contributed by atoms with Crippen LogP contribution in [-0.2, 0) is 30.2 Å². The predicted octanol–water partition coefficient (Wildman–Crippen LogP) is 4.80. The Kier molecular flexibility index (Phi) is 6.28. The van der Waals surface area contributed by atoms with Crippen LogP contribution in [0.25, 0.3) is 0 Å². The molecule has 0 N–H and O–H groups in total. The molecule has 0 spiro atoms. The van der Waals surface area contributed by atoms with Gasteiger partial charge in [0, 0.05) is 78.8 Å². The Bertz CT molecular complexity index is 1500. The van der Waals surface area contributed by atoms with Crippen molar-refractivity contribution in [3.63, 3.8) is 0 Å². The molecule has 8 nitrogen and oxygen atoms in total. The van der Waals surface area contributed by atoms with Crippen molar-refractivity contribution in [1.82, 2.24) is 24.6 Å². The van der Waals surface area contributed by atoms with Gasteiger partial charge in [-0.05, 0) is 43.5 Å². The molecule has 10 heteroatoms. The Morgan fingerprint density at radius 2 is 2.00 bits per heavy atom. The van der Waals surface area contributed by atoms with E-state index in [-0.39, 0.29) is 23.8 Å². The van der Waals surface area contributed by atoms with Crippen molar-refractivity contribution in [2.24, 2.45) is 13.0 Å². The second kappa shape index (κ2) is 9.66. The number of amides is 1. The van der Waals surface area contributed by atoms with E-state index >= 15 is 0 Å². The largest absolute Gasteiger partial charge is 0.379 e. The number of fused-ring (bicyclic) bond motifs is 1. The summed E-state index contributed by atoms with van der Waals surface area (Å²) >= 11 is 0. The first-order chi connectivity index (χ1) is 19.6. The maximum atomic E-state index is 14.2. The molecule has 3 aromatic rings. The van der Waals surface area contributed by atoms with Gasteiger partial charge in [0.25, 0.3) is 11.8 Å². The molecule has 1 aromatic carbocycles. The number of nitrogens with zero attached hydrogens (tertiary/aromatic N) is 6. The number of piperidine rings is 1. The number of hydrogen-bond acceptors (Lipinski definition) is 6. The molecule has 5 heterocycles. The molecule has 2 saturated heterocycles. The highest BCUT2D eigenvalue weighted by atomic mass is 19.3. The fourth-order valence-electron chi connectivity index (χ4n) is 6.61. The zero-order valence-electron chi connectivity index (χ0n) is 23.8. The van der Waals surface area contributed by atoms with Crippen molar-refractivity contribution in [2.75, 3.05) is 31.2 Å². The van der Waals surface area contributed by atoms with Crippen LogP contribution in [0.5, 0.6) is 0 Å². The summed E-state index contributed by atoms with van der Waals surface area (Å²) in [4.78, 5) is 23.0. The summed E-state index contributed by atoms with van der Waals surface area (Å²) in [5.74, 6) is -2.11. The van der Waals surface area contributed by atoms with Crippen LogP contribution in [0, 0.1) is 5.92 Å². The van der Waals surface area contributed by atoms with E-state index in [0.29, 0.717) is 50.8 Å². The van der Waals surface area contributed by atoms with Crippen molar-refractivity contribution in [2.45, 2.75) is 69.4 Å². The van der Waals surface area contributed by atoms with E-state index in [2.05, 4.69) is 27.2 Å². The average molecular weight is 563 g/mol. The van der Waals surface area contributed by atoms with E-state index in [4.69, 9.17) is 9.72 Å². The minimum Gasteiger partial charge on any atom is -0.379 e. The number of likely N-dealkylation sites (tertiary alicyclic amines) is 1. The molecule has 1 amide bonds. The molecule has 4 aliphatic rings. The van der Waals surface area contributed by atoms with Crippen molar-refractivity contribution in [3.8, 4) is 0 Å². The topological polar surface area (TPSA) is 76.4 Å². The molecule has 3 fully saturated rings. The van der Waals surface area contributed by atoms with Crippen LogP contribution in [0.15, 0.2) is 36.7 Å². The minimum atomic E-state index is -2.63. The van der Waals surface area contributed by atoms with Crippen molar-refractivity contribution in [3.05, 3.63) is 70.6 Å². The number of carbonyl (C=O) groups is 1. The number of anilines is 1. The molecule has 3 aliphatic heterocycles. The normalized spacial score (nSPS) is 24.3. The molecular weight excluding hydrogens is 526 g/mol. The van der Waals surface area contributed by atoms with Crippen molar-refractivity contribution < 1.29 is 18.3 Å². The van der Waals surface area contributed by atoms with Gasteiger partial charge >= 0.3 is 0 Å². The van der Waals surface area contributed by atoms with Gasteiger partial charge in [0.1, 0.15) is 12.2 Å². The van der Waals surface area contributed by atoms with E-state index in [9.17, 15) is 13.6 Å². The van der Waals surface area contributed by atoms with E-state index < -0.39 is 11.8 Å². The summed E-state index contributed by atoms with van der Waals surface area (Å²) in [6.07, 6.45) is 4.40. The molecular formula is C31H36F2N6O2. The molecule has 7 rings (SSSR count). The highest BCUT2D eigenvalue weighted by Gasteiger charge is 2.44. The van der Waals surface area contributed by atoms with Crippen molar-refractivity contribution in [1.29, 1.82) is 0 Å². The zero-order chi connectivity index (χ0) is 28.5. The van der Waals surface area contributed by atoms with Gasteiger partial charge in [-0.1, -0.05) is 19.1 Å². The standard InChI is InChI=1S/C31H36F2N6O2/c1-19-14-38(10-9-31(19,32)33)20(2)26-12-24-25(28(35-26)21-7-8-21)15-39(29(24)40)23-6-4-5-22(11-23)30(16-41-17-30)13-27-36-34-18-37(27)3/h4-6,11-12,18-21H,7-10,13-17H2,1-3H3/t19-,20+/m1/s1. The lowest BCUT2D eigenvalue weighted by molar-refractivity contribution is -0.105. The summed E-state index contributed by atoms with van der Waals surface area (Å²) in [5.41, 5.74) is 5.30. The van der Waals surface area contributed by atoms with E-state index in [1.807, 2.05) is 41.6 Å². The second-order valence-corrected chi connectivity index (χ2v) is 12.6. The van der Waals surface area contributed by atoms with Gasteiger partial charge in [0.2, 0.25) is 0 Å². The number of rotatable bonds is 7. The molecule has 41 heavy (non-hydrogen) atoms. The number of aromatic nitrogens is 4. The van der Waals surface area contributed by atoms with Gasteiger partial charge in [0.05, 0.1) is 25.5 Å². The van der Waals surface area contributed by atoms with Gasteiger partial charge in [-0.15, -0.1) is 10.2 Å². The highest BCUT2D eigenvalue weighted by Crippen LogP contribution is 2.46. The highest BCUT2D eigenvalue weighted by molar-refractivity contribution is 6.10. The minimum absolute atomic E-state index is 0.0272. The van der Waals surface area contributed by atoms with E-state index in [1.54, 1.807) is 13.3 Å². The summed E-state index contributed by atoms with van der Waals surface area (Å²) < 4.78 is 36.0. The molecule has 0 bridgehead atoms. The third-order valence-electron chi connectivity index (χ3n) is 9.70. The van der Waals surface area contributed by atoms with Gasteiger partial charge < -0.3 is 14.2 Å². The maximum absolute atomic E-state index is 14.2. The summed E-state index contributed by atoms with van der Waals surface area (Å²) in [6, 6.07) is 10.0. The molecule has 1 saturated carbocycles. The monoisotopic (exact) mass is 562 g/mol. The zero-order valence-corrected chi connectivity index (χ0v) is 23.8. The summed E-state index contributed by atoms with van der Waals surface area (Å²) in [5, 5.41) is 8.33. The molecule has 2 atom stereocenters. The number of aryl methyl sites for hydroxylation is 1. The van der Waals surface area contributed by atoms with E-state index in [1.165, 1.54) is 0 Å². The molecule has 2 aromatic heterocycles. The van der Waals surface area contributed by atoms with Crippen molar-refractivity contribution >= 4 is 11.6 Å². The van der Waals surface area contributed by atoms with Crippen LogP contribution in [-0.4, -0.2) is 62.8 Å². The SMILES string of the molecule is C[C@@H]1CN([C@@H](C)c2cc3c(c(C4CC4)n2)CN(c2cccc(C4(Cc5nncn5C)COC4)c2)C3=O)CCC1(F)F. The lowest BCUT2D eigenvalue weighted by atomic mass is 9.75. The van der Waals surface area contributed by atoms with Gasteiger partial charge in [-0.25, -0.2) is 8.78 Å². The van der Waals surface area contributed by atoms with Crippen LogP contribution in [0.4, 0.5) is 14.5 Å². The number of hydrogen-bond donors (Lipinski definition) is 0. The third kappa shape index (κ3) is 4.55. The number of halogens is 2. The molecule has 216 valence electrons. The van der Waals surface area contributed by atoms with Crippen LogP contribution in [0.1, 0.15) is 83.8 Å². The molecule has 1 aliphatic carbocycles. The van der Waals surface area contributed by atoms with Gasteiger partial charge in [-0.3, -0.25) is 14.7 Å². The quantitative estimate of drug-likeness (QED) is 0.412. The van der Waals surface area contributed by atoms with Crippen LogP contribution in [0.2, 0.25) is 0 Å². The first-order valence-corrected chi connectivity index (χ1v) is 14.6.